The number of aliphatic imine (C=N–C) groups is 2. The van der Waals surface area contributed by atoms with Crippen molar-refractivity contribution in [3.63, 3.8) is 0 Å². The molecular weight excluding hydrogens is 621 g/mol. The minimum atomic E-state index is -4.50. The van der Waals surface area contributed by atoms with Crippen LogP contribution in [0.5, 0.6) is 0 Å². The summed E-state index contributed by atoms with van der Waals surface area (Å²) >= 11 is 0. The quantitative estimate of drug-likeness (QED) is 0.371. The first-order valence-corrected chi connectivity index (χ1v) is 17.9. The van der Waals surface area contributed by atoms with Gasteiger partial charge in [-0.15, -0.1) is 0 Å². The molecule has 4 heterocycles. The Balaban J connectivity index is 1.23. The number of alkyl halides is 3. The Labute approximate surface area is 283 Å². The lowest BCUT2D eigenvalue weighted by Crippen LogP contribution is -2.52. The lowest BCUT2D eigenvalue weighted by molar-refractivity contribution is -0.127. The van der Waals surface area contributed by atoms with E-state index in [0.29, 0.717) is 52.0 Å². The van der Waals surface area contributed by atoms with Gasteiger partial charge >= 0.3 is 12.3 Å². The fraction of sp³-hybridized carbons (Fsp3) is 0.722. The first kappa shape index (κ1) is 36.1. The van der Waals surface area contributed by atoms with E-state index in [2.05, 4.69) is 26.2 Å². The highest BCUT2D eigenvalue weighted by molar-refractivity contribution is 5.94. The highest BCUT2D eigenvalue weighted by Crippen LogP contribution is 2.36. The van der Waals surface area contributed by atoms with Gasteiger partial charge in [0.15, 0.2) is 0 Å². The van der Waals surface area contributed by atoms with Crippen LogP contribution in [0.4, 0.5) is 18.0 Å². The Morgan fingerprint density at radius 2 is 1.65 bits per heavy atom. The Morgan fingerprint density at radius 3 is 2.33 bits per heavy atom. The molecule has 5 rings (SSSR count). The highest BCUT2D eigenvalue weighted by atomic mass is 19.4. The van der Waals surface area contributed by atoms with Gasteiger partial charge in [0.1, 0.15) is 17.1 Å². The third kappa shape index (κ3) is 9.72. The summed E-state index contributed by atoms with van der Waals surface area (Å²) in [5.41, 5.74) is -0.639. The largest absolute Gasteiger partial charge is 0.444 e. The minimum Gasteiger partial charge on any atom is -0.444 e. The van der Waals surface area contributed by atoms with Crippen molar-refractivity contribution in [1.82, 2.24) is 20.0 Å². The lowest BCUT2D eigenvalue weighted by atomic mass is 9.74. The van der Waals surface area contributed by atoms with Crippen LogP contribution in [-0.4, -0.2) is 108 Å². The Morgan fingerprint density at radius 1 is 0.938 bits per heavy atom. The van der Waals surface area contributed by atoms with Gasteiger partial charge in [-0.2, -0.15) is 13.2 Å². The summed E-state index contributed by atoms with van der Waals surface area (Å²) in [5.74, 6) is 0.658. The van der Waals surface area contributed by atoms with E-state index in [1.807, 2.05) is 32.9 Å². The second-order valence-electron chi connectivity index (χ2n) is 14.7. The Kier molecular flexibility index (Phi) is 12.1. The number of piperazine rings is 1. The summed E-state index contributed by atoms with van der Waals surface area (Å²) in [5, 5.41) is 3.24. The molecule has 1 aliphatic carbocycles. The van der Waals surface area contributed by atoms with E-state index >= 15 is 0 Å². The third-order valence-corrected chi connectivity index (χ3v) is 9.99. The van der Waals surface area contributed by atoms with E-state index in [1.54, 1.807) is 4.90 Å². The smallest absolute Gasteiger partial charge is 0.433 e. The molecule has 0 radical (unpaired) electrons. The number of allylic oxidation sites excluding steroid dienone is 3. The highest BCUT2D eigenvalue weighted by Gasteiger charge is 2.39. The molecule has 9 nitrogen and oxygen atoms in total. The molecule has 12 heteroatoms. The maximum atomic E-state index is 13.9. The van der Waals surface area contributed by atoms with Gasteiger partial charge in [0.2, 0.25) is 5.91 Å². The van der Waals surface area contributed by atoms with Crippen molar-refractivity contribution in [2.24, 2.45) is 21.8 Å². The molecule has 2 saturated heterocycles. The number of hydrogen-bond acceptors (Lipinski definition) is 7. The van der Waals surface area contributed by atoms with Crippen molar-refractivity contribution in [3.05, 3.63) is 35.6 Å². The van der Waals surface area contributed by atoms with Crippen LogP contribution in [-0.2, 0) is 9.53 Å². The number of nitrogens with zero attached hydrogens (tertiary/aromatic N) is 5. The number of halogens is 3. The number of carbonyl (C=O) groups excluding carboxylic acids is 2. The molecule has 5 aliphatic rings. The van der Waals surface area contributed by atoms with Crippen molar-refractivity contribution in [2.75, 3.05) is 45.8 Å². The molecule has 0 aromatic heterocycles. The molecule has 1 N–H and O–H groups in total. The van der Waals surface area contributed by atoms with Gasteiger partial charge in [0, 0.05) is 50.8 Å². The van der Waals surface area contributed by atoms with Crippen LogP contribution in [0.3, 0.4) is 0 Å². The Bertz CT molecular complexity index is 1280. The van der Waals surface area contributed by atoms with Crippen molar-refractivity contribution in [2.45, 2.75) is 109 Å². The maximum absolute atomic E-state index is 13.9. The minimum absolute atomic E-state index is 0.00708. The molecule has 0 aromatic rings. The molecule has 0 spiro atoms. The number of hydrogen-bond donors (Lipinski definition) is 1. The van der Waals surface area contributed by atoms with Crippen LogP contribution in [0, 0.1) is 11.8 Å². The average molecular weight is 675 g/mol. The standard InChI is InChI=1S/C36H53F3N6O3/c1-35(2,3)48-34(47)45-22-20-44(21-23-45)32-17-16-27-28(13-11-14-29(27)42-32)33(46)41-25-30(43-18-9-4-5-10-19-43)26-12-7-6-8-15-31(40-24-26)36(37,38)39/h12,15-17,24,27-30H,4-11,13-14,18-23,25H2,1-3H3,(H,41,46)/b26-12+,31-15-,40-24+. The number of amidine groups is 1. The Hall–Kier alpha value is -3.15. The van der Waals surface area contributed by atoms with E-state index in [-0.39, 0.29) is 35.9 Å². The fourth-order valence-electron chi connectivity index (χ4n) is 7.44. The summed E-state index contributed by atoms with van der Waals surface area (Å²) in [6.07, 6.45) is 12.5. The van der Waals surface area contributed by atoms with Crippen LogP contribution in [0.1, 0.15) is 85.0 Å². The van der Waals surface area contributed by atoms with Gasteiger partial charge in [-0.25, -0.2) is 4.79 Å². The zero-order chi connectivity index (χ0) is 34.3. The molecule has 3 fully saturated rings. The second kappa shape index (κ2) is 16.0. The van der Waals surface area contributed by atoms with Gasteiger partial charge in [-0.3, -0.25) is 19.7 Å². The molecular formula is C36H53F3N6O3. The van der Waals surface area contributed by atoms with Crippen LogP contribution in [0.25, 0.3) is 0 Å². The van der Waals surface area contributed by atoms with Crippen LogP contribution in [0.15, 0.2) is 45.6 Å². The molecule has 2 amide bonds. The van der Waals surface area contributed by atoms with Gasteiger partial charge in [0.05, 0.1) is 12.1 Å². The van der Waals surface area contributed by atoms with E-state index in [1.165, 1.54) is 12.3 Å². The number of rotatable bonds is 5. The van der Waals surface area contributed by atoms with Crippen LogP contribution >= 0.6 is 0 Å². The molecule has 4 unspecified atom stereocenters. The molecule has 266 valence electrons. The molecule has 1 saturated carbocycles. The number of carbonyl (C=O) groups is 2. The zero-order valence-corrected chi connectivity index (χ0v) is 28.8. The van der Waals surface area contributed by atoms with Crippen LogP contribution < -0.4 is 5.32 Å². The SMILES string of the molecule is CC(C)(C)OC(=O)N1CCN(C2=NC3CCCC(C(=O)NCC(C4=C\CCC\C=C(C(F)(F)F)/N=C/4)N4CCCCCC4)C3C=C2)CC1. The lowest BCUT2D eigenvalue weighted by Gasteiger charge is -2.40. The summed E-state index contributed by atoms with van der Waals surface area (Å²) in [6.45, 7) is 10.1. The monoisotopic (exact) mass is 674 g/mol. The summed E-state index contributed by atoms with van der Waals surface area (Å²) < 4.78 is 46.4. The number of fused-ring (bicyclic) bond motifs is 1. The summed E-state index contributed by atoms with van der Waals surface area (Å²) in [7, 11) is 0. The topological polar surface area (TPSA) is 89.8 Å². The predicted octanol–water partition coefficient (Wildman–Crippen LogP) is 6.28. The van der Waals surface area contributed by atoms with E-state index < -0.39 is 17.5 Å². The molecule has 0 aromatic carbocycles. The normalized spacial score (nSPS) is 29.7. The average Bonchev–Trinajstić information content (AvgIpc) is 3.25. The predicted molar refractivity (Wildman–Crippen MR) is 182 cm³/mol. The van der Waals surface area contributed by atoms with E-state index in [0.717, 1.165) is 69.4 Å². The molecule has 4 aliphatic heterocycles. The number of nitrogens with one attached hydrogen (secondary N) is 1. The van der Waals surface area contributed by atoms with Crippen molar-refractivity contribution < 1.29 is 27.5 Å². The molecule has 48 heavy (non-hydrogen) atoms. The van der Waals surface area contributed by atoms with Crippen molar-refractivity contribution in [3.8, 4) is 0 Å². The number of dihydropyridines is 1. The summed E-state index contributed by atoms with van der Waals surface area (Å²) in [6, 6.07) is -0.231. The number of likely N-dealkylation sites (tertiary alicyclic amines) is 1. The molecule has 4 atom stereocenters. The van der Waals surface area contributed by atoms with Crippen molar-refractivity contribution >= 4 is 24.1 Å². The maximum Gasteiger partial charge on any atom is 0.433 e. The first-order valence-electron chi connectivity index (χ1n) is 17.9. The van der Waals surface area contributed by atoms with E-state index in [4.69, 9.17) is 9.73 Å². The fourth-order valence-corrected chi connectivity index (χ4v) is 7.44. The van der Waals surface area contributed by atoms with Crippen molar-refractivity contribution in [1.29, 1.82) is 0 Å². The number of amides is 2. The second-order valence-corrected chi connectivity index (χ2v) is 14.7. The van der Waals surface area contributed by atoms with Gasteiger partial charge in [0.25, 0.3) is 0 Å². The molecule has 0 bridgehead atoms. The van der Waals surface area contributed by atoms with Gasteiger partial charge < -0.3 is 19.9 Å². The number of ether oxygens (including phenoxy) is 1. The summed E-state index contributed by atoms with van der Waals surface area (Å²) in [4.78, 5) is 41.7. The van der Waals surface area contributed by atoms with E-state index in [9.17, 15) is 22.8 Å². The van der Waals surface area contributed by atoms with Crippen LogP contribution in [0.2, 0.25) is 0 Å². The zero-order valence-electron chi connectivity index (χ0n) is 28.8. The third-order valence-electron chi connectivity index (χ3n) is 9.99. The first-order chi connectivity index (χ1) is 22.9. The van der Waals surface area contributed by atoms with Gasteiger partial charge in [-0.1, -0.05) is 37.5 Å². The van der Waals surface area contributed by atoms with Gasteiger partial charge in [-0.05, 0) is 90.5 Å².